The number of hydrogen-bond acceptors (Lipinski definition) is 15. The molecule has 13 atom stereocenters. The number of carbonyl (C=O) groups is 3. The molecule has 10 N–H and O–H groups in total. The van der Waals surface area contributed by atoms with Gasteiger partial charge in [-0.15, -0.1) is 0 Å². The fourth-order valence-corrected chi connectivity index (χ4v) is 3.69. The predicted octanol–water partition coefficient (Wildman–Crippen LogP) is -6.14. The minimum absolute atomic E-state index is 0.635. The minimum atomic E-state index is -2.24. The highest BCUT2D eigenvalue weighted by Crippen LogP contribution is 2.32. The summed E-state index contributed by atoms with van der Waals surface area (Å²) in [6, 6.07) is 0. The van der Waals surface area contributed by atoms with Crippen LogP contribution >= 0.6 is 0 Å². The van der Waals surface area contributed by atoms with Crippen LogP contribution in [0.25, 0.3) is 0 Å². The van der Waals surface area contributed by atoms with Gasteiger partial charge in [0.05, 0.1) is 0 Å². The van der Waals surface area contributed by atoms with Crippen molar-refractivity contribution in [2.45, 2.75) is 79.9 Å². The summed E-state index contributed by atoms with van der Waals surface area (Å²) in [5.41, 5.74) is 0. The van der Waals surface area contributed by atoms with Gasteiger partial charge in [-0.3, -0.25) is 0 Å². The number of ether oxygens (including phenoxy) is 5. The molecule has 3 aliphatic heterocycles. The van der Waals surface area contributed by atoms with Crippen molar-refractivity contribution in [1.82, 2.24) is 0 Å². The molecule has 36 heavy (non-hydrogen) atoms. The van der Waals surface area contributed by atoms with E-state index in [9.17, 15) is 60.3 Å². The number of rotatable bonds is 7. The van der Waals surface area contributed by atoms with Gasteiger partial charge in [-0.2, -0.15) is 0 Å². The second-order valence-corrected chi connectivity index (χ2v) is 8.02. The lowest BCUT2D eigenvalue weighted by atomic mass is 9.96. The zero-order valence-electron chi connectivity index (χ0n) is 17.8. The van der Waals surface area contributed by atoms with Crippen LogP contribution < -0.4 is 0 Å². The van der Waals surface area contributed by atoms with Gasteiger partial charge in [-0.25, -0.2) is 14.4 Å². The van der Waals surface area contributed by atoms with Crippen molar-refractivity contribution in [2.24, 2.45) is 0 Å². The Balaban J connectivity index is 1.81. The molecule has 0 unspecified atom stereocenters. The summed E-state index contributed by atoms with van der Waals surface area (Å²) < 4.78 is 24.9. The van der Waals surface area contributed by atoms with Crippen LogP contribution in [-0.4, -0.2) is 149 Å². The van der Waals surface area contributed by atoms with Crippen LogP contribution in [0, 0.1) is 0 Å². The lowest BCUT2D eigenvalue weighted by Gasteiger charge is -2.45. The SMILES string of the molecule is O=C(O)C1=C[C@H](O)[C@H](O)[C@H](O[C@H]2[C@H](O)[C@H](O)[C@H](O[C@H]3[C@H](O)[C@H](O)[C@H](O)O[C@H]3C(=O)O)O[C@@H]2C(=O)O)O1. The molecule has 3 aliphatic rings. The number of aliphatic hydroxyl groups excluding tert-OH is 7. The molecule has 0 amide bonds. The maximum Gasteiger partial charge on any atom is 0.371 e. The maximum atomic E-state index is 11.8. The van der Waals surface area contributed by atoms with Gasteiger partial charge in [-0.1, -0.05) is 0 Å². The second-order valence-electron chi connectivity index (χ2n) is 8.02. The summed E-state index contributed by atoms with van der Waals surface area (Å²) in [4.78, 5) is 34.4. The fraction of sp³-hybridized carbons (Fsp3) is 0.722. The van der Waals surface area contributed by atoms with E-state index < -0.39 is 104 Å². The molecule has 0 saturated carbocycles. The van der Waals surface area contributed by atoms with Crippen molar-refractivity contribution in [3.63, 3.8) is 0 Å². The predicted molar refractivity (Wildman–Crippen MR) is 101 cm³/mol. The molecule has 0 spiro atoms. The Morgan fingerprint density at radius 3 is 1.69 bits per heavy atom. The van der Waals surface area contributed by atoms with E-state index in [1.54, 1.807) is 0 Å². The van der Waals surface area contributed by atoms with E-state index in [-0.39, 0.29) is 0 Å². The Morgan fingerprint density at radius 2 is 1.17 bits per heavy atom. The molecule has 0 aromatic rings. The van der Waals surface area contributed by atoms with E-state index in [1.165, 1.54) is 0 Å². The van der Waals surface area contributed by atoms with E-state index in [4.69, 9.17) is 24.1 Å². The van der Waals surface area contributed by atoms with Gasteiger partial charge in [0, 0.05) is 0 Å². The molecule has 0 radical (unpaired) electrons. The van der Waals surface area contributed by atoms with Crippen LogP contribution in [0.2, 0.25) is 0 Å². The number of carboxylic acids is 3. The van der Waals surface area contributed by atoms with Crippen molar-refractivity contribution in [2.75, 3.05) is 0 Å². The van der Waals surface area contributed by atoms with Gasteiger partial charge in [0.1, 0.15) is 48.8 Å². The zero-order valence-corrected chi connectivity index (χ0v) is 17.8. The third kappa shape index (κ3) is 5.43. The van der Waals surface area contributed by atoms with Crippen LogP contribution in [0.4, 0.5) is 0 Å². The lowest BCUT2D eigenvalue weighted by molar-refractivity contribution is -0.358. The van der Waals surface area contributed by atoms with E-state index in [1.807, 2.05) is 0 Å². The van der Waals surface area contributed by atoms with Gasteiger partial charge < -0.3 is 74.7 Å². The van der Waals surface area contributed by atoms with Crippen LogP contribution in [0.15, 0.2) is 11.8 Å². The molecule has 0 bridgehead atoms. The molecule has 0 aliphatic carbocycles. The molecule has 0 aromatic heterocycles. The molecule has 2 fully saturated rings. The first kappa shape index (κ1) is 28.1. The first-order valence-corrected chi connectivity index (χ1v) is 10.2. The van der Waals surface area contributed by atoms with Gasteiger partial charge in [0.2, 0.25) is 12.0 Å². The highest BCUT2D eigenvalue weighted by molar-refractivity contribution is 5.84. The second kappa shape index (κ2) is 10.9. The minimum Gasteiger partial charge on any atom is -0.479 e. The van der Waals surface area contributed by atoms with E-state index in [0.717, 1.165) is 0 Å². The molecule has 18 nitrogen and oxygen atoms in total. The van der Waals surface area contributed by atoms with Crippen molar-refractivity contribution >= 4 is 17.9 Å². The molecule has 3 rings (SSSR count). The van der Waals surface area contributed by atoms with Crippen molar-refractivity contribution in [1.29, 1.82) is 0 Å². The summed E-state index contributed by atoms with van der Waals surface area (Å²) in [5, 5.41) is 98.1. The highest BCUT2D eigenvalue weighted by atomic mass is 16.8. The third-order valence-corrected chi connectivity index (χ3v) is 5.58. The Labute approximate surface area is 199 Å². The topological polar surface area (TPSA) is 300 Å². The van der Waals surface area contributed by atoms with Crippen molar-refractivity contribution in [3.8, 4) is 0 Å². The molecule has 18 heteroatoms. The largest absolute Gasteiger partial charge is 0.479 e. The van der Waals surface area contributed by atoms with E-state index in [2.05, 4.69) is 4.74 Å². The first-order valence-electron chi connectivity index (χ1n) is 10.2. The average Bonchev–Trinajstić information content (AvgIpc) is 2.80. The summed E-state index contributed by atoms with van der Waals surface area (Å²) in [6.07, 6.45) is -26.7. The summed E-state index contributed by atoms with van der Waals surface area (Å²) in [7, 11) is 0. The van der Waals surface area contributed by atoms with Crippen LogP contribution in [0.1, 0.15) is 0 Å². The average molecular weight is 528 g/mol. The summed E-state index contributed by atoms with van der Waals surface area (Å²) in [5.74, 6) is -6.17. The molecule has 3 heterocycles. The third-order valence-electron chi connectivity index (χ3n) is 5.58. The van der Waals surface area contributed by atoms with Gasteiger partial charge >= 0.3 is 17.9 Å². The number of carboxylic acid groups (broad SMARTS) is 3. The molecule has 2 saturated heterocycles. The molecular formula is C18H24O18. The van der Waals surface area contributed by atoms with Gasteiger partial charge in [-0.05, 0) is 6.08 Å². The quantitative estimate of drug-likeness (QED) is 0.147. The number of hydrogen-bond donors (Lipinski definition) is 10. The van der Waals surface area contributed by atoms with Crippen molar-refractivity contribution in [3.05, 3.63) is 11.8 Å². The Bertz CT molecular complexity index is 876. The highest BCUT2D eigenvalue weighted by Gasteiger charge is 2.55. The molecule has 0 aromatic carbocycles. The Hall–Kier alpha value is -2.49. The van der Waals surface area contributed by atoms with Crippen LogP contribution in [0.3, 0.4) is 0 Å². The van der Waals surface area contributed by atoms with E-state index >= 15 is 0 Å². The summed E-state index contributed by atoms with van der Waals surface area (Å²) >= 11 is 0. The molecular weight excluding hydrogens is 504 g/mol. The fourth-order valence-electron chi connectivity index (χ4n) is 3.69. The van der Waals surface area contributed by atoms with E-state index in [0.29, 0.717) is 6.08 Å². The lowest BCUT2D eigenvalue weighted by Crippen LogP contribution is -2.66. The smallest absolute Gasteiger partial charge is 0.371 e. The standard InChI is InChI=1S/C18H24O18/c19-2-1-3(13(25)26)32-17(4(2)20)34-10-6(22)8(24)18(36-12(10)15(29)30)35-9-5(21)7(23)16(31)33-11(9)14(27)28/h1-2,4-12,16-24,31H,(H,25,26)(H,27,28)(H,29,30)/t2-,4-,5+,6+,7-,8-,9-,10-,11+,12-,16+,17-,18+/m0/s1. The van der Waals surface area contributed by atoms with Crippen LogP contribution in [0.5, 0.6) is 0 Å². The molecule has 204 valence electrons. The normalized spacial score (nSPS) is 45.3. The van der Waals surface area contributed by atoms with Crippen LogP contribution in [-0.2, 0) is 38.1 Å². The first-order chi connectivity index (χ1) is 16.7. The maximum absolute atomic E-state index is 11.8. The Morgan fingerprint density at radius 1 is 0.667 bits per heavy atom. The zero-order chi connectivity index (χ0) is 27.1. The number of aliphatic hydroxyl groups is 7. The Kier molecular flexibility index (Phi) is 8.48. The van der Waals surface area contributed by atoms with Gasteiger partial charge in [0.15, 0.2) is 24.8 Å². The van der Waals surface area contributed by atoms with Crippen molar-refractivity contribution < 1.29 is 89.1 Å². The van der Waals surface area contributed by atoms with Gasteiger partial charge in [0.25, 0.3) is 0 Å². The monoisotopic (exact) mass is 528 g/mol. The summed E-state index contributed by atoms with van der Waals surface area (Å²) in [6.45, 7) is 0. The number of aliphatic carboxylic acids is 3.